The summed E-state index contributed by atoms with van der Waals surface area (Å²) in [6.07, 6.45) is 2.28. The van der Waals surface area contributed by atoms with Crippen molar-refractivity contribution in [2.24, 2.45) is 0 Å². The molecule has 110 valence electrons. The van der Waals surface area contributed by atoms with Gasteiger partial charge in [0.1, 0.15) is 0 Å². The summed E-state index contributed by atoms with van der Waals surface area (Å²) in [6.45, 7) is 7.74. The Morgan fingerprint density at radius 1 is 1.55 bits per heavy atom. The molecule has 0 spiro atoms. The topological polar surface area (TPSA) is 71.3 Å². The number of aromatic nitrogens is 1. The molecule has 0 saturated carbocycles. The van der Waals surface area contributed by atoms with E-state index in [0.717, 1.165) is 25.2 Å². The van der Waals surface area contributed by atoms with E-state index in [1.165, 1.54) is 6.42 Å². The Bertz CT molecular complexity index is 484. The predicted octanol–water partition coefficient (Wildman–Crippen LogP) is 2.27. The van der Waals surface area contributed by atoms with Crippen LogP contribution in [0.15, 0.2) is 12.1 Å². The first-order valence-corrected chi connectivity index (χ1v) is 7.11. The summed E-state index contributed by atoms with van der Waals surface area (Å²) in [5.74, 6) is 0.485. The summed E-state index contributed by atoms with van der Waals surface area (Å²) < 4.78 is 0. The van der Waals surface area contributed by atoms with Gasteiger partial charge in [-0.05, 0) is 46.2 Å². The second-order valence-electron chi connectivity index (χ2n) is 5.59. The Kier molecular flexibility index (Phi) is 4.54. The second-order valence-corrected chi connectivity index (χ2v) is 5.59. The van der Waals surface area contributed by atoms with Crippen LogP contribution in [0.4, 0.5) is 11.5 Å². The third-order valence-corrected chi connectivity index (χ3v) is 3.67. The smallest absolute Gasteiger partial charge is 0.311 e. The number of aryl methyl sites for hydroxylation is 1. The molecule has 1 aromatic heterocycles. The molecule has 0 radical (unpaired) electrons. The highest BCUT2D eigenvalue weighted by Crippen LogP contribution is 2.28. The lowest BCUT2D eigenvalue weighted by Crippen LogP contribution is -2.42. The van der Waals surface area contributed by atoms with Crippen LogP contribution in [-0.4, -0.2) is 35.1 Å². The molecule has 1 fully saturated rings. The van der Waals surface area contributed by atoms with E-state index in [4.69, 9.17) is 0 Å². The quantitative estimate of drug-likeness (QED) is 0.661. The Labute approximate surface area is 119 Å². The number of pyridine rings is 1. The number of anilines is 1. The zero-order chi connectivity index (χ0) is 14.7. The SMILES string of the molecule is Cc1ccc([N+](=O)[O-])c(N(CC2CCCN2)C(C)C)n1. The first kappa shape index (κ1) is 14.7. The fraction of sp³-hybridized carbons (Fsp3) is 0.643. The van der Waals surface area contributed by atoms with E-state index >= 15 is 0 Å². The minimum absolute atomic E-state index is 0.0855. The molecule has 20 heavy (non-hydrogen) atoms. The Morgan fingerprint density at radius 2 is 2.30 bits per heavy atom. The van der Waals surface area contributed by atoms with Gasteiger partial charge >= 0.3 is 5.69 Å². The zero-order valence-corrected chi connectivity index (χ0v) is 12.3. The van der Waals surface area contributed by atoms with Crippen molar-refractivity contribution in [1.29, 1.82) is 0 Å². The molecule has 0 amide bonds. The second kappa shape index (κ2) is 6.17. The van der Waals surface area contributed by atoms with E-state index in [1.54, 1.807) is 12.1 Å². The van der Waals surface area contributed by atoms with Gasteiger partial charge in [0.25, 0.3) is 0 Å². The molecule has 6 heteroatoms. The van der Waals surface area contributed by atoms with Crippen molar-refractivity contribution < 1.29 is 4.92 Å². The molecular formula is C14H22N4O2. The van der Waals surface area contributed by atoms with Crippen LogP contribution in [0.25, 0.3) is 0 Å². The molecule has 1 atom stereocenters. The number of nitro groups is 1. The van der Waals surface area contributed by atoms with Crippen LogP contribution in [-0.2, 0) is 0 Å². The van der Waals surface area contributed by atoms with Crippen molar-refractivity contribution in [2.45, 2.75) is 45.7 Å². The summed E-state index contributed by atoms with van der Waals surface area (Å²) in [5.41, 5.74) is 0.887. The molecule has 1 N–H and O–H groups in total. The maximum atomic E-state index is 11.2. The van der Waals surface area contributed by atoms with Gasteiger partial charge in [-0.1, -0.05) is 0 Å². The van der Waals surface area contributed by atoms with Crippen molar-refractivity contribution in [3.63, 3.8) is 0 Å². The van der Waals surface area contributed by atoms with Gasteiger partial charge in [0.05, 0.1) is 4.92 Å². The van der Waals surface area contributed by atoms with E-state index in [1.807, 2.05) is 25.7 Å². The predicted molar refractivity (Wildman–Crippen MR) is 79.1 cm³/mol. The first-order valence-electron chi connectivity index (χ1n) is 7.11. The highest BCUT2D eigenvalue weighted by molar-refractivity contribution is 5.58. The Balaban J connectivity index is 2.32. The molecule has 6 nitrogen and oxygen atoms in total. The lowest BCUT2D eigenvalue weighted by molar-refractivity contribution is -0.384. The Hall–Kier alpha value is -1.69. The van der Waals surface area contributed by atoms with Crippen LogP contribution in [0, 0.1) is 17.0 Å². The number of hydrogen-bond donors (Lipinski definition) is 1. The monoisotopic (exact) mass is 278 g/mol. The number of nitrogens with zero attached hydrogens (tertiary/aromatic N) is 3. The van der Waals surface area contributed by atoms with Crippen LogP contribution in [0.2, 0.25) is 0 Å². The summed E-state index contributed by atoms with van der Waals surface area (Å²) >= 11 is 0. The largest absolute Gasteiger partial charge is 0.347 e. The van der Waals surface area contributed by atoms with E-state index < -0.39 is 0 Å². The molecule has 0 bridgehead atoms. The van der Waals surface area contributed by atoms with Crippen LogP contribution >= 0.6 is 0 Å². The van der Waals surface area contributed by atoms with Gasteiger partial charge in [0.2, 0.25) is 5.82 Å². The van der Waals surface area contributed by atoms with Crippen molar-refractivity contribution in [1.82, 2.24) is 10.3 Å². The molecule has 1 aromatic rings. The van der Waals surface area contributed by atoms with Gasteiger partial charge in [-0.15, -0.1) is 0 Å². The van der Waals surface area contributed by atoms with Crippen LogP contribution < -0.4 is 10.2 Å². The average Bonchev–Trinajstić information content (AvgIpc) is 2.87. The maximum absolute atomic E-state index is 11.2. The van der Waals surface area contributed by atoms with Crippen LogP contribution in [0.1, 0.15) is 32.4 Å². The van der Waals surface area contributed by atoms with E-state index in [2.05, 4.69) is 10.3 Å². The highest BCUT2D eigenvalue weighted by Gasteiger charge is 2.26. The molecular weight excluding hydrogens is 256 g/mol. The van der Waals surface area contributed by atoms with Gasteiger partial charge in [0, 0.05) is 30.4 Å². The molecule has 1 aliphatic rings. The van der Waals surface area contributed by atoms with Crippen LogP contribution in [0.3, 0.4) is 0 Å². The fourth-order valence-electron chi connectivity index (χ4n) is 2.58. The average molecular weight is 278 g/mol. The molecule has 0 aromatic carbocycles. The van der Waals surface area contributed by atoms with Crippen molar-refractivity contribution in [3.8, 4) is 0 Å². The molecule has 1 aliphatic heterocycles. The Morgan fingerprint density at radius 3 is 2.85 bits per heavy atom. The summed E-state index contributed by atoms with van der Waals surface area (Å²) in [5, 5.41) is 14.7. The van der Waals surface area contributed by atoms with Gasteiger partial charge < -0.3 is 10.2 Å². The van der Waals surface area contributed by atoms with Gasteiger partial charge in [-0.25, -0.2) is 4.98 Å². The van der Waals surface area contributed by atoms with Crippen LogP contribution in [0.5, 0.6) is 0 Å². The summed E-state index contributed by atoms with van der Waals surface area (Å²) in [7, 11) is 0. The number of nitrogens with one attached hydrogen (secondary N) is 1. The maximum Gasteiger partial charge on any atom is 0.311 e. The minimum atomic E-state index is -0.348. The molecule has 0 aliphatic carbocycles. The van der Waals surface area contributed by atoms with Gasteiger partial charge in [0.15, 0.2) is 0 Å². The lowest BCUT2D eigenvalue weighted by atomic mass is 10.2. The van der Waals surface area contributed by atoms with Gasteiger partial charge in [-0.3, -0.25) is 10.1 Å². The van der Waals surface area contributed by atoms with Crippen molar-refractivity contribution in [2.75, 3.05) is 18.0 Å². The van der Waals surface area contributed by atoms with E-state index in [-0.39, 0.29) is 16.7 Å². The fourth-order valence-corrected chi connectivity index (χ4v) is 2.58. The molecule has 1 saturated heterocycles. The lowest BCUT2D eigenvalue weighted by Gasteiger charge is -2.30. The first-order chi connectivity index (χ1) is 9.49. The molecule has 1 unspecified atom stereocenters. The third kappa shape index (κ3) is 3.25. The third-order valence-electron chi connectivity index (χ3n) is 3.67. The zero-order valence-electron chi connectivity index (χ0n) is 12.3. The number of hydrogen-bond acceptors (Lipinski definition) is 5. The summed E-state index contributed by atoms with van der Waals surface area (Å²) in [6, 6.07) is 3.80. The van der Waals surface area contributed by atoms with E-state index in [0.29, 0.717) is 11.9 Å². The van der Waals surface area contributed by atoms with Gasteiger partial charge in [-0.2, -0.15) is 0 Å². The molecule has 2 rings (SSSR count). The minimum Gasteiger partial charge on any atom is -0.347 e. The van der Waals surface area contributed by atoms with E-state index in [9.17, 15) is 10.1 Å². The molecule has 2 heterocycles. The normalized spacial score (nSPS) is 18.5. The highest BCUT2D eigenvalue weighted by atomic mass is 16.6. The van der Waals surface area contributed by atoms with Crippen molar-refractivity contribution >= 4 is 11.5 Å². The standard InChI is InChI=1S/C14H22N4O2/c1-10(2)17(9-12-5-4-8-15-12)14-13(18(19)20)7-6-11(3)16-14/h6-7,10,12,15H,4-5,8-9H2,1-3H3. The number of rotatable bonds is 5. The summed E-state index contributed by atoms with van der Waals surface area (Å²) in [4.78, 5) is 17.3. The van der Waals surface area contributed by atoms with Crippen molar-refractivity contribution in [3.05, 3.63) is 27.9 Å².